The number of aromatic nitrogens is 3. The lowest BCUT2D eigenvalue weighted by Crippen LogP contribution is -2.12. The molecule has 3 rings (SSSR count). The van der Waals surface area contributed by atoms with E-state index in [-0.39, 0.29) is 6.10 Å². The summed E-state index contributed by atoms with van der Waals surface area (Å²) in [4.78, 5) is 0. The van der Waals surface area contributed by atoms with Crippen molar-refractivity contribution in [3.05, 3.63) is 34.5 Å². The van der Waals surface area contributed by atoms with Crippen LogP contribution < -0.4 is 0 Å². The third kappa shape index (κ3) is 1.95. The maximum Gasteiger partial charge on any atom is 0.139 e. The lowest BCUT2D eigenvalue weighted by atomic mass is 9.96. The summed E-state index contributed by atoms with van der Waals surface area (Å²) in [7, 11) is 0. The van der Waals surface area contributed by atoms with Crippen LogP contribution in [0, 0.1) is 13.8 Å². The second-order valence-electron chi connectivity index (χ2n) is 4.80. The summed E-state index contributed by atoms with van der Waals surface area (Å²) < 4.78 is 11.1. The quantitative estimate of drug-likeness (QED) is 0.905. The second-order valence-corrected chi connectivity index (χ2v) is 4.80. The van der Waals surface area contributed by atoms with Crippen LogP contribution >= 0.6 is 0 Å². The van der Waals surface area contributed by atoms with E-state index in [0.29, 0.717) is 6.61 Å². The molecule has 96 valence electrons. The Morgan fingerprint density at radius 3 is 3.17 bits per heavy atom. The minimum atomic E-state index is 0.116. The van der Waals surface area contributed by atoms with Crippen LogP contribution in [0.1, 0.15) is 47.2 Å². The highest BCUT2D eigenvalue weighted by atomic mass is 16.5. The number of hydrogen-bond donors (Lipinski definition) is 1. The Bertz CT molecular complexity index is 525. The maximum atomic E-state index is 6.00. The van der Waals surface area contributed by atoms with Gasteiger partial charge in [0.25, 0.3) is 0 Å². The topological polar surface area (TPSA) is 63.9 Å². The molecule has 0 bridgehead atoms. The zero-order valence-corrected chi connectivity index (χ0v) is 10.7. The van der Waals surface area contributed by atoms with Crippen molar-refractivity contribution in [1.29, 1.82) is 0 Å². The number of nitrogens with zero attached hydrogens (tertiary/aromatic N) is 2. The standard InChI is InChI=1S/C13H17N3O2/c1-8-11(9(2)18-16-8)7-17-12-5-3-4-10-6-14-15-13(10)12/h6,12H,3-5,7H2,1-2H3,(H,14,15)/t12-/m1/s1. The van der Waals surface area contributed by atoms with Crippen molar-refractivity contribution in [2.45, 2.75) is 45.8 Å². The van der Waals surface area contributed by atoms with Crippen molar-refractivity contribution >= 4 is 0 Å². The van der Waals surface area contributed by atoms with Crippen molar-refractivity contribution < 1.29 is 9.26 Å². The minimum Gasteiger partial charge on any atom is -0.367 e. The summed E-state index contributed by atoms with van der Waals surface area (Å²) in [5.74, 6) is 0.841. The molecule has 1 aliphatic rings. The van der Waals surface area contributed by atoms with Crippen LogP contribution in [0.15, 0.2) is 10.7 Å². The Balaban J connectivity index is 1.72. The minimum absolute atomic E-state index is 0.116. The van der Waals surface area contributed by atoms with Crippen molar-refractivity contribution in [1.82, 2.24) is 15.4 Å². The number of nitrogens with one attached hydrogen (secondary N) is 1. The largest absolute Gasteiger partial charge is 0.367 e. The lowest BCUT2D eigenvalue weighted by Gasteiger charge is -2.22. The fourth-order valence-electron chi connectivity index (χ4n) is 2.48. The third-order valence-corrected chi connectivity index (χ3v) is 3.60. The fraction of sp³-hybridized carbons (Fsp3) is 0.538. The van der Waals surface area contributed by atoms with E-state index < -0.39 is 0 Å². The number of aromatic amines is 1. The first-order valence-corrected chi connectivity index (χ1v) is 6.31. The molecule has 0 unspecified atom stereocenters. The molecule has 1 aliphatic carbocycles. The third-order valence-electron chi connectivity index (χ3n) is 3.60. The zero-order valence-electron chi connectivity index (χ0n) is 10.7. The predicted octanol–water partition coefficient (Wildman–Crippen LogP) is 2.61. The highest BCUT2D eigenvalue weighted by molar-refractivity contribution is 5.23. The molecule has 0 aliphatic heterocycles. The first-order valence-electron chi connectivity index (χ1n) is 6.31. The van der Waals surface area contributed by atoms with Gasteiger partial charge < -0.3 is 9.26 Å². The molecular formula is C13H17N3O2. The molecule has 2 aromatic heterocycles. The van der Waals surface area contributed by atoms with Crippen LogP contribution in [0.25, 0.3) is 0 Å². The van der Waals surface area contributed by atoms with Gasteiger partial charge in [-0.25, -0.2) is 0 Å². The lowest BCUT2D eigenvalue weighted by molar-refractivity contribution is 0.0247. The number of fused-ring (bicyclic) bond motifs is 1. The van der Waals surface area contributed by atoms with Crippen LogP contribution in [0.4, 0.5) is 0 Å². The molecule has 0 spiro atoms. The molecule has 5 nitrogen and oxygen atoms in total. The summed E-state index contributed by atoms with van der Waals surface area (Å²) in [5.41, 5.74) is 4.38. The maximum absolute atomic E-state index is 6.00. The predicted molar refractivity (Wildman–Crippen MR) is 65.0 cm³/mol. The molecule has 0 aromatic carbocycles. The van der Waals surface area contributed by atoms with Gasteiger partial charge in [-0.2, -0.15) is 5.10 Å². The molecule has 2 aromatic rings. The molecule has 0 amide bonds. The van der Waals surface area contributed by atoms with Crippen LogP contribution in [0.5, 0.6) is 0 Å². The molecule has 5 heteroatoms. The molecule has 1 atom stereocenters. The van der Waals surface area contributed by atoms with Crippen molar-refractivity contribution in [2.24, 2.45) is 0 Å². The average molecular weight is 247 g/mol. The summed E-state index contributed by atoms with van der Waals surface area (Å²) in [6, 6.07) is 0. The first kappa shape index (κ1) is 11.5. The number of H-pyrrole nitrogens is 1. The van der Waals surface area contributed by atoms with Crippen molar-refractivity contribution in [3.63, 3.8) is 0 Å². The van der Waals surface area contributed by atoms with Gasteiger partial charge in [0.1, 0.15) is 5.76 Å². The number of ether oxygens (including phenoxy) is 1. The van der Waals surface area contributed by atoms with Gasteiger partial charge >= 0.3 is 0 Å². The second kappa shape index (κ2) is 4.57. The Morgan fingerprint density at radius 2 is 2.39 bits per heavy atom. The zero-order chi connectivity index (χ0) is 12.5. The summed E-state index contributed by atoms with van der Waals surface area (Å²) >= 11 is 0. The number of hydrogen-bond acceptors (Lipinski definition) is 4. The van der Waals surface area contributed by atoms with Gasteiger partial charge in [0.05, 0.1) is 30.3 Å². The highest BCUT2D eigenvalue weighted by Gasteiger charge is 2.23. The van der Waals surface area contributed by atoms with Gasteiger partial charge in [-0.05, 0) is 38.7 Å². The molecular weight excluding hydrogens is 230 g/mol. The monoisotopic (exact) mass is 247 g/mol. The Kier molecular flexibility index (Phi) is 2.91. The fourth-order valence-corrected chi connectivity index (χ4v) is 2.48. The van der Waals surface area contributed by atoms with Crippen LogP contribution in [0.2, 0.25) is 0 Å². The number of aryl methyl sites for hydroxylation is 3. The van der Waals surface area contributed by atoms with Crippen molar-refractivity contribution in [2.75, 3.05) is 0 Å². The summed E-state index contributed by atoms with van der Waals surface area (Å²) in [6.45, 7) is 4.41. The van der Waals surface area contributed by atoms with E-state index in [9.17, 15) is 0 Å². The molecule has 0 saturated carbocycles. The molecule has 1 N–H and O–H groups in total. The van der Waals surface area contributed by atoms with Crippen molar-refractivity contribution in [3.8, 4) is 0 Å². The Morgan fingerprint density at radius 1 is 1.50 bits per heavy atom. The van der Waals surface area contributed by atoms with E-state index in [1.807, 2.05) is 20.0 Å². The Hall–Kier alpha value is -1.62. The van der Waals surface area contributed by atoms with E-state index in [4.69, 9.17) is 9.26 Å². The van der Waals surface area contributed by atoms with E-state index in [1.165, 1.54) is 5.56 Å². The van der Waals surface area contributed by atoms with Gasteiger partial charge in [0.2, 0.25) is 0 Å². The van der Waals surface area contributed by atoms with E-state index in [1.54, 1.807) is 0 Å². The molecule has 0 fully saturated rings. The first-order chi connectivity index (χ1) is 8.75. The van der Waals surface area contributed by atoms with Gasteiger partial charge in [0, 0.05) is 5.56 Å². The molecule has 18 heavy (non-hydrogen) atoms. The van der Waals surface area contributed by atoms with Crippen LogP contribution in [-0.2, 0) is 17.8 Å². The summed E-state index contributed by atoms with van der Waals surface area (Å²) in [6.07, 6.45) is 5.31. The van der Waals surface area contributed by atoms with Gasteiger partial charge in [-0.3, -0.25) is 5.10 Å². The molecule has 0 radical (unpaired) electrons. The van der Waals surface area contributed by atoms with E-state index in [0.717, 1.165) is 42.0 Å². The normalized spacial score (nSPS) is 18.9. The average Bonchev–Trinajstić information content (AvgIpc) is 2.95. The van der Waals surface area contributed by atoms with Gasteiger partial charge in [-0.1, -0.05) is 5.16 Å². The van der Waals surface area contributed by atoms with Gasteiger partial charge in [-0.15, -0.1) is 0 Å². The van der Waals surface area contributed by atoms with Crippen LogP contribution in [-0.4, -0.2) is 15.4 Å². The van der Waals surface area contributed by atoms with Gasteiger partial charge in [0.15, 0.2) is 0 Å². The molecule has 2 heterocycles. The Labute approximate surface area is 106 Å². The highest BCUT2D eigenvalue weighted by Crippen LogP contribution is 2.31. The summed E-state index contributed by atoms with van der Waals surface area (Å²) in [5, 5.41) is 11.1. The van der Waals surface area contributed by atoms with E-state index >= 15 is 0 Å². The smallest absolute Gasteiger partial charge is 0.139 e. The van der Waals surface area contributed by atoms with Crippen LogP contribution in [0.3, 0.4) is 0 Å². The van der Waals surface area contributed by atoms with E-state index in [2.05, 4.69) is 15.4 Å². The molecule has 0 saturated heterocycles. The number of rotatable bonds is 3. The SMILES string of the molecule is Cc1noc(C)c1CO[C@@H]1CCCc2cn[nH]c21.